The summed E-state index contributed by atoms with van der Waals surface area (Å²) >= 11 is 1.80. The molecule has 0 radical (unpaired) electrons. The second-order valence-electron chi connectivity index (χ2n) is 7.89. The monoisotopic (exact) mass is 568 g/mol. The summed E-state index contributed by atoms with van der Waals surface area (Å²) in [6.45, 7) is 8.29. The summed E-state index contributed by atoms with van der Waals surface area (Å²) < 4.78 is 32.8. The summed E-state index contributed by atoms with van der Waals surface area (Å²) in [5, 5.41) is 6.72. The molecule has 0 aromatic heterocycles. The molecule has 1 unspecified atom stereocenters. The van der Waals surface area contributed by atoms with Crippen molar-refractivity contribution in [3.05, 3.63) is 29.8 Å². The number of thioether (sulfide) groups is 1. The molecule has 0 spiro atoms. The van der Waals surface area contributed by atoms with Gasteiger partial charge in [0.25, 0.3) is 0 Å². The molecular weight excluding hydrogens is 535 g/mol. The molecule has 170 valence electrons. The number of nitrogens with one attached hydrogen (secondary N) is 2. The van der Waals surface area contributed by atoms with Crippen LogP contribution >= 0.6 is 35.7 Å². The third-order valence-electron chi connectivity index (χ3n) is 5.01. The van der Waals surface area contributed by atoms with Gasteiger partial charge in [-0.05, 0) is 26.8 Å². The Morgan fingerprint density at radius 2 is 2.00 bits per heavy atom. The molecule has 2 aliphatic rings. The molecule has 1 atom stereocenters. The van der Waals surface area contributed by atoms with Crippen LogP contribution in [0.4, 0.5) is 0 Å². The number of fused-ring (bicyclic) bond motifs is 1. The van der Waals surface area contributed by atoms with E-state index in [4.69, 9.17) is 4.74 Å². The zero-order valence-corrected chi connectivity index (χ0v) is 21.9. The summed E-state index contributed by atoms with van der Waals surface area (Å²) in [6.07, 6.45) is 0.790. The van der Waals surface area contributed by atoms with Gasteiger partial charge in [-0.15, -0.1) is 24.0 Å². The lowest BCUT2D eigenvalue weighted by Gasteiger charge is -2.38. The van der Waals surface area contributed by atoms with Crippen molar-refractivity contribution in [1.29, 1.82) is 0 Å². The highest BCUT2D eigenvalue weighted by atomic mass is 127. The number of hydrogen-bond donors (Lipinski definition) is 2. The molecule has 2 aliphatic heterocycles. The Kier molecular flexibility index (Phi) is 9.57. The number of sulfonamides is 1. The van der Waals surface area contributed by atoms with E-state index in [1.807, 2.05) is 25.1 Å². The van der Waals surface area contributed by atoms with Crippen LogP contribution in [0.25, 0.3) is 0 Å². The van der Waals surface area contributed by atoms with E-state index >= 15 is 0 Å². The second kappa shape index (κ2) is 11.2. The van der Waals surface area contributed by atoms with Crippen molar-refractivity contribution in [3.63, 3.8) is 0 Å². The molecular formula is C20H33IN4O3S2. The fraction of sp³-hybridized carbons (Fsp3) is 0.650. The Labute approximate surface area is 201 Å². The van der Waals surface area contributed by atoms with E-state index in [1.54, 1.807) is 16.1 Å². The predicted octanol–water partition coefficient (Wildman–Crippen LogP) is 2.84. The van der Waals surface area contributed by atoms with Crippen molar-refractivity contribution >= 4 is 51.7 Å². The van der Waals surface area contributed by atoms with Crippen molar-refractivity contribution in [2.45, 2.75) is 38.8 Å². The van der Waals surface area contributed by atoms with Crippen molar-refractivity contribution in [1.82, 2.24) is 14.9 Å². The first kappa shape index (κ1) is 25.5. The summed E-state index contributed by atoms with van der Waals surface area (Å²) in [5.41, 5.74) is 0.801. The zero-order valence-electron chi connectivity index (χ0n) is 17.9. The lowest BCUT2D eigenvalue weighted by Crippen LogP contribution is -2.45. The fourth-order valence-electron chi connectivity index (χ4n) is 3.64. The standard InChI is InChI=1S/C20H32N4O3S2.HI/c1-4-21-19(22-9-14-29(25,26)24-10-12-28-13-11-24)23-17-15-20(2,3)27-18-8-6-5-7-16(17)18;/h5-8,17H,4,9-15H2,1-3H3,(H2,21,22,23);1H. The van der Waals surface area contributed by atoms with E-state index in [0.717, 1.165) is 29.2 Å². The smallest absolute Gasteiger partial charge is 0.215 e. The summed E-state index contributed by atoms with van der Waals surface area (Å²) in [6, 6.07) is 8.07. The first-order valence-corrected chi connectivity index (χ1v) is 13.0. The highest BCUT2D eigenvalue weighted by molar-refractivity contribution is 14.0. The van der Waals surface area contributed by atoms with Crippen LogP contribution in [0.3, 0.4) is 0 Å². The molecule has 0 amide bonds. The van der Waals surface area contributed by atoms with Gasteiger partial charge < -0.3 is 15.4 Å². The maximum Gasteiger partial charge on any atom is 0.215 e. The Morgan fingerprint density at radius 1 is 1.30 bits per heavy atom. The quantitative estimate of drug-likeness (QED) is 0.312. The average molecular weight is 569 g/mol. The minimum atomic E-state index is -3.26. The lowest BCUT2D eigenvalue weighted by atomic mass is 9.90. The second-order valence-corrected chi connectivity index (χ2v) is 11.2. The van der Waals surface area contributed by atoms with Gasteiger partial charge >= 0.3 is 0 Å². The van der Waals surface area contributed by atoms with Gasteiger partial charge in [0.05, 0.1) is 18.3 Å². The van der Waals surface area contributed by atoms with Gasteiger partial charge in [0, 0.05) is 43.1 Å². The number of benzene rings is 1. The van der Waals surface area contributed by atoms with Crippen LogP contribution in [0.2, 0.25) is 0 Å². The Bertz CT molecular complexity index is 827. The van der Waals surface area contributed by atoms with E-state index in [9.17, 15) is 8.42 Å². The molecule has 7 nitrogen and oxygen atoms in total. The predicted molar refractivity (Wildman–Crippen MR) is 136 cm³/mol. The summed E-state index contributed by atoms with van der Waals surface area (Å²) in [4.78, 5) is 4.55. The largest absolute Gasteiger partial charge is 0.487 e. The lowest BCUT2D eigenvalue weighted by molar-refractivity contribution is 0.0694. The molecule has 10 heteroatoms. The molecule has 30 heavy (non-hydrogen) atoms. The summed E-state index contributed by atoms with van der Waals surface area (Å²) in [7, 11) is -3.26. The van der Waals surface area contributed by atoms with E-state index in [0.29, 0.717) is 25.6 Å². The van der Waals surface area contributed by atoms with Gasteiger partial charge in [-0.2, -0.15) is 11.8 Å². The van der Waals surface area contributed by atoms with E-state index in [2.05, 4.69) is 35.5 Å². The fourth-order valence-corrected chi connectivity index (χ4v) is 6.10. The SMILES string of the molecule is CCNC(=NCCS(=O)(=O)N1CCSCC1)NC1CC(C)(C)Oc2ccccc21.I. The van der Waals surface area contributed by atoms with Crippen LogP contribution in [0.1, 0.15) is 38.8 Å². The number of rotatable bonds is 6. The van der Waals surface area contributed by atoms with Crippen molar-refractivity contribution < 1.29 is 13.2 Å². The normalized spacial score (nSPS) is 21.7. The zero-order chi connectivity index (χ0) is 20.9. The minimum Gasteiger partial charge on any atom is -0.487 e. The molecule has 0 bridgehead atoms. The van der Waals surface area contributed by atoms with Crippen molar-refractivity contribution in [2.75, 3.05) is 43.4 Å². The molecule has 3 rings (SSSR count). The average Bonchev–Trinajstić information content (AvgIpc) is 2.68. The van der Waals surface area contributed by atoms with Gasteiger partial charge in [0.1, 0.15) is 11.4 Å². The van der Waals surface area contributed by atoms with Crippen LogP contribution in [0.5, 0.6) is 5.75 Å². The molecule has 1 aromatic rings. The van der Waals surface area contributed by atoms with E-state index < -0.39 is 10.0 Å². The molecule has 0 aliphatic carbocycles. The highest BCUT2D eigenvalue weighted by Crippen LogP contribution is 2.39. The number of nitrogens with zero attached hydrogens (tertiary/aromatic N) is 2. The van der Waals surface area contributed by atoms with Gasteiger partial charge in [0.2, 0.25) is 10.0 Å². The molecule has 1 aromatic carbocycles. The first-order chi connectivity index (χ1) is 13.8. The minimum absolute atomic E-state index is 0. The maximum absolute atomic E-state index is 12.6. The molecule has 0 saturated carbocycles. The number of hydrogen-bond acceptors (Lipinski definition) is 5. The van der Waals surface area contributed by atoms with E-state index in [-0.39, 0.29) is 47.9 Å². The number of ether oxygens (including phenoxy) is 1. The highest BCUT2D eigenvalue weighted by Gasteiger charge is 2.34. The molecule has 2 N–H and O–H groups in total. The van der Waals surface area contributed by atoms with Crippen LogP contribution < -0.4 is 15.4 Å². The summed E-state index contributed by atoms with van der Waals surface area (Å²) in [5.74, 6) is 3.28. The third-order valence-corrected chi connectivity index (χ3v) is 7.81. The topological polar surface area (TPSA) is 83.0 Å². The first-order valence-electron chi connectivity index (χ1n) is 10.2. The van der Waals surface area contributed by atoms with Crippen LogP contribution in [0, 0.1) is 0 Å². The van der Waals surface area contributed by atoms with Gasteiger partial charge in [0.15, 0.2) is 5.96 Å². The molecule has 1 fully saturated rings. The molecule has 2 heterocycles. The number of halogens is 1. The Hall–Kier alpha value is -0.720. The Morgan fingerprint density at radius 3 is 2.70 bits per heavy atom. The van der Waals surface area contributed by atoms with Crippen LogP contribution in [0.15, 0.2) is 29.3 Å². The van der Waals surface area contributed by atoms with Crippen molar-refractivity contribution in [2.24, 2.45) is 4.99 Å². The van der Waals surface area contributed by atoms with Crippen molar-refractivity contribution in [3.8, 4) is 5.75 Å². The van der Waals surface area contributed by atoms with Crippen LogP contribution in [-0.4, -0.2) is 67.7 Å². The van der Waals surface area contributed by atoms with Crippen LogP contribution in [-0.2, 0) is 10.0 Å². The number of guanidine groups is 1. The van der Waals surface area contributed by atoms with E-state index in [1.165, 1.54) is 0 Å². The van der Waals surface area contributed by atoms with Gasteiger partial charge in [-0.1, -0.05) is 18.2 Å². The number of aliphatic imine (C=N–C) groups is 1. The third kappa shape index (κ3) is 6.89. The molecule has 1 saturated heterocycles. The van der Waals surface area contributed by atoms with Gasteiger partial charge in [-0.25, -0.2) is 12.7 Å². The number of para-hydroxylation sites is 1. The maximum atomic E-state index is 12.6. The van der Waals surface area contributed by atoms with Gasteiger partial charge in [-0.3, -0.25) is 4.99 Å². The Balaban J connectivity index is 0.00000320.